The maximum Gasteiger partial charge on any atom is 0.222 e. The second kappa shape index (κ2) is 7.24. The molecule has 17 heavy (non-hydrogen) atoms. The number of nitrogens with two attached hydrogens (primary N) is 1. The van der Waals surface area contributed by atoms with Gasteiger partial charge in [0.15, 0.2) is 0 Å². The van der Waals surface area contributed by atoms with Gasteiger partial charge in [0.25, 0.3) is 0 Å². The van der Waals surface area contributed by atoms with Crippen LogP contribution in [0.5, 0.6) is 0 Å². The number of morpholine rings is 1. The first-order valence-electron chi connectivity index (χ1n) is 6.21. The van der Waals surface area contributed by atoms with Crippen molar-refractivity contribution in [2.24, 2.45) is 5.73 Å². The lowest BCUT2D eigenvalue weighted by Crippen LogP contribution is -2.40. The molecule has 0 aromatic heterocycles. The Bertz CT molecular complexity index is 235. The van der Waals surface area contributed by atoms with E-state index in [1.54, 1.807) is 0 Å². The molecule has 1 saturated heterocycles. The van der Waals surface area contributed by atoms with Gasteiger partial charge in [0.05, 0.1) is 13.2 Å². The summed E-state index contributed by atoms with van der Waals surface area (Å²) in [5.74, 6) is 2.22. The molecule has 1 aliphatic heterocycles. The lowest BCUT2D eigenvalue weighted by Gasteiger charge is -2.26. The normalized spacial score (nSPS) is 17.2. The Morgan fingerprint density at radius 3 is 2.65 bits per heavy atom. The van der Waals surface area contributed by atoms with Gasteiger partial charge in [0, 0.05) is 30.8 Å². The number of hydrogen-bond acceptors (Lipinski definition) is 4. The predicted octanol–water partition coefficient (Wildman–Crippen LogP) is 1.10. The van der Waals surface area contributed by atoms with Gasteiger partial charge in [0.2, 0.25) is 5.91 Å². The highest BCUT2D eigenvalue weighted by Crippen LogP contribution is 2.12. The minimum atomic E-state index is -0.112. The van der Waals surface area contributed by atoms with Crippen LogP contribution in [-0.4, -0.2) is 54.2 Å². The van der Waals surface area contributed by atoms with Crippen LogP contribution in [0.25, 0.3) is 0 Å². The summed E-state index contributed by atoms with van der Waals surface area (Å²) in [5.41, 5.74) is 5.77. The van der Waals surface area contributed by atoms with Crippen molar-refractivity contribution in [1.29, 1.82) is 0 Å². The molecule has 100 valence electrons. The number of thioether (sulfide) groups is 1. The van der Waals surface area contributed by atoms with Gasteiger partial charge in [-0.3, -0.25) is 4.79 Å². The average molecular weight is 260 g/mol. The van der Waals surface area contributed by atoms with Gasteiger partial charge in [0.1, 0.15) is 0 Å². The molecule has 0 unspecified atom stereocenters. The van der Waals surface area contributed by atoms with Crippen LogP contribution in [0.4, 0.5) is 0 Å². The van der Waals surface area contributed by atoms with E-state index in [4.69, 9.17) is 10.5 Å². The van der Waals surface area contributed by atoms with Crippen LogP contribution in [0, 0.1) is 0 Å². The number of ether oxygens (including phenoxy) is 1. The van der Waals surface area contributed by atoms with Crippen LogP contribution in [0.1, 0.15) is 26.7 Å². The molecule has 0 saturated carbocycles. The molecular formula is C12H24N2O2S. The second-order valence-electron chi connectivity index (χ2n) is 5.14. The molecule has 0 aromatic rings. The van der Waals surface area contributed by atoms with Gasteiger partial charge < -0.3 is 15.4 Å². The Morgan fingerprint density at radius 1 is 1.41 bits per heavy atom. The maximum atomic E-state index is 11.8. The quantitative estimate of drug-likeness (QED) is 0.727. The van der Waals surface area contributed by atoms with Crippen LogP contribution in [-0.2, 0) is 9.53 Å². The summed E-state index contributed by atoms with van der Waals surface area (Å²) in [6, 6.07) is 0. The highest BCUT2D eigenvalue weighted by molar-refractivity contribution is 7.99. The first-order valence-corrected chi connectivity index (χ1v) is 7.37. The number of carbonyl (C=O) groups is 1. The van der Waals surface area contributed by atoms with E-state index in [0.29, 0.717) is 19.6 Å². The summed E-state index contributed by atoms with van der Waals surface area (Å²) in [4.78, 5) is 13.7. The van der Waals surface area contributed by atoms with Gasteiger partial charge in [-0.05, 0) is 26.0 Å². The lowest BCUT2D eigenvalue weighted by molar-refractivity contribution is -0.135. The first-order chi connectivity index (χ1) is 7.99. The average Bonchev–Trinajstić information content (AvgIpc) is 2.28. The fourth-order valence-corrected chi connectivity index (χ4v) is 2.65. The van der Waals surface area contributed by atoms with E-state index in [-0.39, 0.29) is 11.4 Å². The highest BCUT2D eigenvalue weighted by atomic mass is 32.2. The number of amides is 1. The first kappa shape index (κ1) is 14.8. The maximum absolute atomic E-state index is 11.8. The summed E-state index contributed by atoms with van der Waals surface area (Å²) >= 11 is 1.83. The zero-order valence-corrected chi connectivity index (χ0v) is 11.7. The summed E-state index contributed by atoms with van der Waals surface area (Å²) in [5, 5.41) is 0. The summed E-state index contributed by atoms with van der Waals surface area (Å²) < 4.78 is 5.22. The van der Waals surface area contributed by atoms with E-state index in [9.17, 15) is 4.79 Å². The third-order valence-corrected chi connectivity index (χ3v) is 4.04. The molecule has 5 heteroatoms. The highest BCUT2D eigenvalue weighted by Gasteiger charge is 2.16. The molecule has 1 heterocycles. The van der Waals surface area contributed by atoms with E-state index >= 15 is 0 Å². The van der Waals surface area contributed by atoms with Gasteiger partial charge in [-0.2, -0.15) is 11.8 Å². The smallest absolute Gasteiger partial charge is 0.222 e. The van der Waals surface area contributed by atoms with Crippen molar-refractivity contribution >= 4 is 17.7 Å². The summed E-state index contributed by atoms with van der Waals surface area (Å²) in [6.07, 6.45) is 1.59. The van der Waals surface area contributed by atoms with Crippen LogP contribution in [0.3, 0.4) is 0 Å². The number of nitrogens with zero attached hydrogens (tertiary/aromatic N) is 1. The largest absolute Gasteiger partial charge is 0.378 e. The third kappa shape index (κ3) is 6.91. The van der Waals surface area contributed by atoms with Crippen molar-refractivity contribution in [3.05, 3.63) is 0 Å². The second-order valence-corrected chi connectivity index (χ2v) is 6.24. The van der Waals surface area contributed by atoms with E-state index in [1.807, 2.05) is 30.5 Å². The van der Waals surface area contributed by atoms with E-state index in [0.717, 1.165) is 31.0 Å². The SMILES string of the molecule is CC(C)(N)CSCCCC(=O)N1CCOCC1. The molecule has 0 spiro atoms. The zero-order valence-electron chi connectivity index (χ0n) is 10.9. The molecular weight excluding hydrogens is 236 g/mol. The molecule has 1 aliphatic rings. The molecule has 1 rings (SSSR count). The van der Waals surface area contributed by atoms with Crippen molar-refractivity contribution in [3.8, 4) is 0 Å². The molecule has 4 nitrogen and oxygen atoms in total. The Labute approximate surface area is 108 Å². The van der Waals surface area contributed by atoms with E-state index in [1.165, 1.54) is 0 Å². The van der Waals surface area contributed by atoms with Crippen molar-refractivity contribution in [1.82, 2.24) is 4.90 Å². The molecule has 2 N–H and O–H groups in total. The summed E-state index contributed by atoms with van der Waals surface area (Å²) in [6.45, 7) is 6.92. The van der Waals surface area contributed by atoms with Gasteiger partial charge in [-0.25, -0.2) is 0 Å². The number of hydrogen-bond donors (Lipinski definition) is 1. The van der Waals surface area contributed by atoms with Crippen molar-refractivity contribution < 1.29 is 9.53 Å². The predicted molar refractivity (Wildman–Crippen MR) is 72.2 cm³/mol. The minimum absolute atomic E-state index is 0.112. The van der Waals surface area contributed by atoms with Crippen LogP contribution < -0.4 is 5.73 Å². The van der Waals surface area contributed by atoms with Crippen molar-refractivity contribution in [3.63, 3.8) is 0 Å². The molecule has 0 radical (unpaired) electrons. The Kier molecular flexibility index (Phi) is 6.30. The van der Waals surface area contributed by atoms with E-state index < -0.39 is 0 Å². The van der Waals surface area contributed by atoms with Crippen molar-refractivity contribution in [2.45, 2.75) is 32.2 Å². The number of rotatable bonds is 6. The summed E-state index contributed by atoms with van der Waals surface area (Å²) in [7, 11) is 0. The topological polar surface area (TPSA) is 55.6 Å². The Balaban J connectivity index is 2.04. The Morgan fingerprint density at radius 2 is 2.06 bits per heavy atom. The van der Waals surface area contributed by atoms with Crippen molar-refractivity contribution in [2.75, 3.05) is 37.8 Å². The lowest BCUT2D eigenvalue weighted by atomic mass is 10.1. The molecule has 0 atom stereocenters. The van der Waals surface area contributed by atoms with Crippen LogP contribution in [0.2, 0.25) is 0 Å². The molecule has 0 aliphatic carbocycles. The molecule has 0 bridgehead atoms. The minimum Gasteiger partial charge on any atom is -0.378 e. The standard InChI is InChI=1S/C12H24N2O2S/c1-12(2,13)10-17-9-3-4-11(15)14-5-7-16-8-6-14/h3-10,13H2,1-2H3. The Hall–Kier alpha value is -0.260. The van der Waals surface area contributed by atoms with Gasteiger partial charge in [-0.15, -0.1) is 0 Å². The van der Waals surface area contributed by atoms with Gasteiger partial charge in [-0.1, -0.05) is 0 Å². The molecule has 1 amide bonds. The van der Waals surface area contributed by atoms with E-state index in [2.05, 4.69) is 0 Å². The van der Waals surface area contributed by atoms with Crippen LogP contribution in [0.15, 0.2) is 0 Å². The fourth-order valence-electron chi connectivity index (χ4n) is 1.63. The number of carbonyl (C=O) groups excluding carboxylic acids is 1. The zero-order chi connectivity index (χ0) is 12.7. The molecule has 0 aromatic carbocycles. The molecule has 1 fully saturated rings. The fraction of sp³-hybridized carbons (Fsp3) is 0.917. The third-order valence-electron chi connectivity index (χ3n) is 2.52. The monoisotopic (exact) mass is 260 g/mol. The van der Waals surface area contributed by atoms with Crippen LogP contribution >= 0.6 is 11.8 Å². The van der Waals surface area contributed by atoms with Gasteiger partial charge >= 0.3 is 0 Å².